The van der Waals surface area contributed by atoms with Gasteiger partial charge in [-0.3, -0.25) is 0 Å². The molecule has 0 bridgehead atoms. The predicted molar refractivity (Wildman–Crippen MR) is 89.7 cm³/mol. The van der Waals surface area contributed by atoms with Gasteiger partial charge < -0.3 is 15.2 Å². The zero-order valence-electron chi connectivity index (χ0n) is 11.5. The van der Waals surface area contributed by atoms with Crippen molar-refractivity contribution in [2.75, 3.05) is 14.2 Å². The monoisotopic (exact) mass is 389 g/mol. The van der Waals surface area contributed by atoms with Crippen molar-refractivity contribution in [2.24, 2.45) is 5.73 Å². The van der Waals surface area contributed by atoms with Gasteiger partial charge >= 0.3 is 0 Å². The average molecular weight is 391 g/mol. The van der Waals surface area contributed by atoms with Gasteiger partial charge in [0.1, 0.15) is 0 Å². The second-order valence-electron chi connectivity index (χ2n) is 4.41. The molecule has 21 heavy (non-hydrogen) atoms. The van der Waals surface area contributed by atoms with Crippen molar-refractivity contribution in [1.82, 2.24) is 0 Å². The maximum atomic E-state index is 6.33. The highest BCUT2D eigenvalue weighted by atomic mass is 79.9. The molecule has 2 aromatic rings. The Morgan fingerprint density at radius 2 is 1.48 bits per heavy atom. The zero-order chi connectivity index (χ0) is 15.6. The lowest BCUT2D eigenvalue weighted by molar-refractivity contribution is 0.354. The van der Waals surface area contributed by atoms with E-state index in [1.165, 1.54) is 0 Å². The van der Waals surface area contributed by atoms with Crippen LogP contribution in [0.2, 0.25) is 10.0 Å². The fraction of sp³-hybridized carbons (Fsp3) is 0.200. The van der Waals surface area contributed by atoms with Gasteiger partial charge in [0.15, 0.2) is 11.5 Å². The van der Waals surface area contributed by atoms with Crippen LogP contribution >= 0.6 is 39.1 Å². The number of hydrogen-bond acceptors (Lipinski definition) is 3. The lowest BCUT2D eigenvalue weighted by atomic mass is 9.99. The van der Waals surface area contributed by atoms with E-state index in [0.29, 0.717) is 21.5 Å². The van der Waals surface area contributed by atoms with E-state index in [9.17, 15) is 0 Å². The first-order chi connectivity index (χ1) is 9.96. The van der Waals surface area contributed by atoms with E-state index in [-0.39, 0.29) is 0 Å². The highest BCUT2D eigenvalue weighted by Gasteiger charge is 2.17. The molecule has 0 spiro atoms. The van der Waals surface area contributed by atoms with Crippen molar-refractivity contribution in [3.05, 3.63) is 56.0 Å². The maximum Gasteiger partial charge on any atom is 0.161 e. The Labute approximate surface area is 142 Å². The fourth-order valence-corrected chi connectivity index (χ4v) is 3.15. The third-order valence-electron chi connectivity index (χ3n) is 3.08. The Morgan fingerprint density at radius 3 is 2.00 bits per heavy atom. The van der Waals surface area contributed by atoms with E-state index in [0.717, 1.165) is 15.6 Å². The van der Waals surface area contributed by atoms with Gasteiger partial charge in [0, 0.05) is 14.5 Å². The quantitative estimate of drug-likeness (QED) is 0.813. The lowest BCUT2D eigenvalue weighted by Crippen LogP contribution is -2.13. The zero-order valence-corrected chi connectivity index (χ0v) is 14.6. The maximum absolute atomic E-state index is 6.33. The number of halogens is 3. The molecule has 2 aromatic carbocycles. The molecule has 0 aromatic heterocycles. The van der Waals surface area contributed by atoms with Gasteiger partial charge in [0.05, 0.1) is 20.3 Å². The second kappa shape index (κ2) is 6.88. The van der Waals surface area contributed by atoms with Crippen LogP contribution in [0.15, 0.2) is 34.8 Å². The molecule has 0 radical (unpaired) electrons. The van der Waals surface area contributed by atoms with E-state index in [2.05, 4.69) is 15.9 Å². The van der Waals surface area contributed by atoms with Gasteiger partial charge in [-0.05, 0) is 41.5 Å². The van der Waals surface area contributed by atoms with E-state index >= 15 is 0 Å². The summed E-state index contributed by atoms with van der Waals surface area (Å²) in [7, 11) is 3.16. The fourth-order valence-electron chi connectivity index (χ4n) is 2.04. The molecule has 3 nitrogen and oxygen atoms in total. The van der Waals surface area contributed by atoms with Gasteiger partial charge in [-0.25, -0.2) is 0 Å². The van der Waals surface area contributed by atoms with E-state index in [4.69, 9.17) is 38.4 Å². The van der Waals surface area contributed by atoms with Crippen LogP contribution in [0.1, 0.15) is 17.2 Å². The molecule has 0 saturated heterocycles. The molecule has 112 valence electrons. The topological polar surface area (TPSA) is 44.5 Å². The van der Waals surface area contributed by atoms with Crippen LogP contribution in [0.25, 0.3) is 0 Å². The summed E-state index contributed by atoms with van der Waals surface area (Å²) in [5.41, 5.74) is 8.00. The molecule has 0 saturated carbocycles. The minimum Gasteiger partial charge on any atom is -0.493 e. The first-order valence-electron chi connectivity index (χ1n) is 6.09. The van der Waals surface area contributed by atoms with Gasteiger partial charge in [-0.15, -0.1) is 0 Å². The average Bonchev–Trinajstić information content (AvgIpc) is 2.45. The molecule has 0 fully saturated rings. The first-order valence-corrected chi connectivity index (χ1v) is 7.64. The van der Waals surface area contributed by atoms with Crippen LogP contribution in [-0.4, -0.2) is 14.2 Å². The van der Waals surface area contributed by atoms with Gasteiger partial charge in [0.2, 0.25) is 0 Å². The summed E-state index contributed by atoms with van der Waals surface area (Å²) in [6.45, 7) is 0. The Bertz CT molecular complexity index is 644. The molecule has 0 aliphatic rings. The summed E-state index contributed by atoms with van der Waals surface area (Å²) in [6, 6.07) is 8.52. The molecule has 0 heterocycles. The summed E-state index contributed by atoms with van der Waals surface area (Å²) < 4.78 is 11.4. The van der Waals surface area contributed by atoms with Crippen molar-refractivity contribution in [2.45, 2.75) is 6.04 Å². The Hall–Kier alpha value is -0.940. The number of rotatable bonds is 4. The molecule has 0 amide bonds. The molecule has 0 aliphatic carbocycles. The van der Waals surface area contributed by atoms with Gasteiger partial charge in [0.25, 0.3) is 0 Å². The van der Waals surface area contributed by atoms with E-state index in [1.54, 1.807) is 32.4 Å². The molecular weight excluding hydrogens is 377 g/mol. The minimum absolute atomic E-state index is 0.393. The summed E-state index contributed by atoms with van der Waals surface area (Å²) in [6.07, 6.45) is 0. The van der Waals surface area contributed by atoms with Crippen molar-refractivity contribution < 1.29 is 9.47 Å². The molecule has 0 aliphatic heterocycles. The highest BCUT2D eigenvalue weighted by molar-refractivity contribution is 9.10. The molecule has 2 N–H and O–H groups in total. The summed E-state index contributed by atoms with van der Waals surface area (Å²) >= 11 is 15.6. The molecule has 2 rings (SSSR count). The third-order valence-corrected chi connectivity index (χ3v) is 4.21. The van der Waals surface area contributed by atoms with E-state index < -0.39 is 6.04 Å². The van der Waals surface area contributed by atoms with Crippen molar-refractivity contribution in [1.29, 1.82) is 0 Å². The third kappa shape index (κ3) is 3.64. The number of methoxy groups -OCH3 is 2. The largest absolute Gasteiger partial charge is 0.493 e. The van der Waals surface area contributed by atoms with Crippen molar-refractivity contribution in [3.63, 3.8) is 0 Å². The number of benzene rings is 2. The molecular formula is C15H14BrCl2NO2. The Kier molecular flexibility index (Phi) is 5.38. The first kappa shape index (κ1) is 16.4. The molecule has 1 unspecified atom stereocenters. The minimum atomic E-state index is -0.393. The van der Waals surface area contributed by atoms with Crippen LogP contribution < -0.4 is 15.2 Å². The smallest absolute Gasteiger partial charge is 0.161 e. The number of hydrogen-bond donors (Lipinski definition) is 1. The SMILES string of the molecule is COc1cc(Br)c(C(N)c2cc(Cl)cc(Cl)c2)cc1OC. The van der Waals surface area contributed by atoms with Crippen molar-refractivity contribution in [3.8, 4) is 11.5 Å². The molecule has 6 heteroatoms. The normalized spacial score (nSPS) is 12.1. The number of ether oxygens (including phenoxy) is 2. The van der Waals surface area contributed by atoms with Crippen LogP contribution in [-0.2, 0) is 0 Å². The lowest BCUT2D eigenvalue weighted by Gasteiger charge is -2.18. The Balaban J connectivity index is 2.49. The van der Waals surface area contributed by atoms with Crippen molar-refractivity contribution >= 4 is 39.1 Å². The van der Waals surface area contributed by atoms with E-state index in [1.807, 2.05) is 12.1 Å². The Morgan fingerprint density at radius 1 is 0.952 bits per heavy atom. The van der Waals surface area contributed by atoms with Crippen LogP contribution in [0, 0.1) is 0 Å². The summed E-state index contributed by atoms with van der Waals surface area (Å²) in [4.78, 5) is 0. The molecule has 1 atom stereocenters. The summed E-state index contributed by atoms with van der Waals surface area (Å²) in [5.74, 6) is 1.24. The van der Waals surface area contributed by atoms with Gasteiger partial charge in [-0.1, -0.05) is 39.1 Å². The highest BCUT2D eigenvalue weighted by Crippen LogP contribution is 2.37. The summed E-state index contributed by atoms with van der Waals surface area (Å²) in [5, 5.41) is 1.09. The van der Waals surface area contributed by atoms with Crippen LogP contribution in [0.4, 0.5) is 0 Å². The van der Waals surface area contributed by atoms with Crippen LogP contribution in [0.5, 0.6) is 11.5 Å². The van der Waals surface area contributed by atoms with Gasteiger partial charge in [-0.2, -0.15) is 0 Å². The van der Waals surface area contributed by atoms with Crippen LogP contribution in [0.3, 0.4) is 0 Å². The standard InChI is InChI=1S/C15H14BrCl2NO2/c1-20-13-6-11(12(16)7-14(13)21-2)15(19)8-3-9(17)5-10(18)4-8/h3-7,15H,19H2,1-2H3. The predicted octanol–water partition coefficient (Wildman–Crippen LogP) is 4.82. The number of nitrogens with two attached hydrogens (primary N) is 1. The second-order valence-corrected chi connectivity index (χ2v) is 6.14.